The van der Waals surface area contributed by atoms with Crippen LogP contribution in [0.5, 0.6) is 11.5 Å². The molecule has 3 aromatic heterocycles. The molecule has 0 radical (unpaired) electrons. The Labute approximate surface area is 268 Å². The highest BCUT2D eigenvalue weighted by Gasteiger charge is 2.38. The maximum atomic E-state index is 14.3. The molecule has 0 unspecified atom stereocenters. The van der Waals surface area contributed by atoms with Crippen LogP contribution in [-0.4, -0.2) is 9.97 Å². The minimum Gasteiger partial charge on any atom is -0.456 e. The van der Waals surface area contributed by atoms with Crippen molar-refractivity contribution in [1.29, 1.82) is 0 Å². The van der Waals surface area contributed by atoms with Gasteiger partial charge < -0.3 is 22.9 Å². The Kier molecular flexibility index (Phi) is 4.83. The smallest absolute Gasteiger partial charge is 0.228 e. The van der Waals surface area contributed by atoms with E-state index in [-0.39, 0.29) is 5.82 Å². The third-order valence-corrected chi connectivity index (χ3v) is 10.0. The third-order valence-electron chi connectivity index (χ3n) is 8.78. The van der Waals surface area contributed by atoms with Gasteiger partial charge in [0.05, 0.1) is 27.4 Å². The fourth-order valence-corrected chi connectivity index (χ4v) is 7.97. The SMILES string of the molecule is Fc1ccc2oc3cc4c(cc3c2c1)Oc1ccc(-c2nc3ccccc3o2)c2c1N4c1cccc(-c3nc4ccccc4o3)c1S2. The van der Waals surface area contributed by atoms with Gasteiger partial charge in [-0.1, -0.05) is 42.1 Å². The number of oxazole rings is 2. The van der Waals surface area contributed by atoms with E-state index in [1.165, 1.54) is 12.1 Å². The Bertz CT molecular complexity index is 2730. The molecule has 0 aliphatic carbocycles. The first-order chi connectivity index (χ1) is 23.2. The molecule has 6 aromatic carbocycles. The standard InChI is InChI=1S/C38H18FN3O4S/c39-19-12-14-28-22(16-19)23-17-33-27(18-32(23)43-28)42-26-9-5-6-20(37-40-24-7-1-3-10-29(24)45-37)35(26)47-36-21(13-15-31(44-33)34(36)42)38-41-25-8-2-4-11-30(25)46-38/h1-18H. The van der Waals surface area contributed by atoms with E-state index in [9.17, 15) is 4.39 Å². The average Bonchev–Trinajstić information content (AvgIpc) is 3.82. The van der Waals surface area contributed by atoms with Gasteiger partial charge in [0, 0.05) is 21.7 Å². The molecule has 9 heteroatoms. The number of rotatable bonds is 2. The molecule has 2 aliphatic rings. The first-order valence-electron chi connectivity index (χ1n) is 15.0. The predicted molar refractivity (Wildman–Crippen MR) is 179 cm³/mol. The molecule has 0 saturated heterocycles. The zero-order valence-electron chi connectivity index (χ0n) is 24.2. The number of nitrogens with zero attached hydrogens (tertiary/aromatic N) is 3. The largest absolute Gasteiger partial charge is 0.456 e. The number of hydrogen-bond donors (Lipinski definition) is 0. The van der Waals surface area contributed by atoms with Gasteiger partial charge in [0.1, 0.15) is 33.7 Å². The molecule has 0 N–H and O–H groups in total. The molecule has 0 amide bonds. The summed E-state index contributed by atoms with van der Waals surface area (Å²) < 4.78 is 39.8. The molecule has 0 bridgehead atoms. The number of ether oxygens (including phenoxy) is 1. The van der Waals surface area contributed by atoms with Crippen molar-refractivity contribution in [2.24, 2.45) is 0 Å². The number of anilines is 3. The van der Waals surface area contributed by atoms with Crippen LogP contribution in [0.25, 0.3) is 67.0 Å². The number of halogens is 1. The van der Waals surface area contributed by atoms with E-state index in [1.807, 2.05) is 84.9 Å². The van der Waals surface area contributed by atoms with Crippen LogP contribution in [0.2, 0.25) is 0 Å². The summed E-state index contributed by atoms with van der Waals surface area (Å²) in [6, 6.07) is 34.0. The second-order valence-electron chi connectivity index (χ2n) is 11.5. The van der Waals surface area contributed by atoms with Gasteiger partial charge in [0.2, 0.25) is 11.8 Å². The van der Waals surface area contributed by atoms with Gasteiger partial charge in [-0.2, -0.15) is 0 Å². The lowest BCUT2D eigenvalue weighted by molar-refractivity contribution is 0.475. The molecule has 11 rings (SSSR count). The highest BCUT2D eigenvalue weighted by Crippen LogP contribution is 2.63. The van der Waals surface area contributed by atoms with E-state index in [2.05, 4.69) is 11.0 Å². The number of hydrogen-bond acceptors (Lipinski definition) is 8. The normalized spacial score (nSPS) is 13.3. The summed E-state index contributed by atoms with van der Waals surface area (Å²) in [6.07, 6.45) is 0. The number of aromatic nitrogens is 2. The molecular formula is C38H18FN3O4S. The molecule has 0 fully saturated rings. The topological polar surface area (TPSA) is 77.7 Å². The summed E-state index contributed by atoms with van der Waals surface area (Å²) in [4.78, 5) is 13.8. The van der Waals surface area contributed by atoms with Crippen molar-refractivity contribution in [3.05, 3.63) is 115 Å². The molecule has 2 aliphatic heterocycles. The summed E-state index contributed by atoms with van der Waals surface area (Å²) in [7, 11) is 0. The van der Waals surface area contributed by atoms with Crippen molar-refractivity contribution in [1.82, 2.24) is 9.97 Å². The van der Waals surface area contributed by atoms with E-state index in [1.54, 1.807) is 17.8 Å². The molecule has 0 atom stereocenters. The maximum absolute atomic E-state index is 14.3. The Morgan fingerprint density at radius 2 is 1.28 bits per heavy atom. The maximum Gasteiger partial charge on any atom is 0.228 e. The number of furan rings is 1. The van der Waals surface area contributed by atoms with Crippen molar-refractivity contribution in [2.45, 2.75) is 9.79 Å². The van der Waals surface area contributed by atoms with Crippen molar-refractivity contribution in [3.63, 3.8) is 0 Å². The van der Waals surface area contributed by atoms with E-state index >= 15 is 0 Å². The zero-order valence-corrected chi connectivity index (χ0v) is 25.0. The number of benzene rings is 6. The van der Waals surface area contributed by atoms with Crippen LogP contribution >= 0.6 is 11.8 Å². The second kappa shape index (κ2) is 9.02. The fourth-order valence-electron chi connectivity index (χ4n) is 6.68. The predicted octanol–water partition coefficient (Wildman–Crippen LogP) is 11.4. The Hall–Kier alpha value is -6.06. The Balaban J connectivity index is 1.20. The van der Waals surface area contributed by atoms with Gasteiger partial charge in [0.15, 0.2) is 22.7 Å². The summed E-state index contributed by atoms with van der Waals surface area (Å²) in [5.74, 6) is 2.02. The minimum absolute atomic E-state index is 0.325. The van der Waals surface area contributed by atoms with Crippen LogP contribution in [0.4, 0.5) is 21.5 Å². The molecule has 222 valence electrons. The van der Waals surface area contributed by atoms with E-state index in [4.69, 9.17) is 28.0 Å². The van der Waals surface area contributed by atoms with Crippen LogP contribution in [0, 0.1) is 5.82 Å². The highest BCUT2D eigenvalue weighted by molar-refractivity contribution is 8.00. The van der Waals surface area contributed by atoms with Crippen LogP contribution in [0.1, 0.15) is 0 Å². The van der Waals surface area contributed by atoms with Crippen LogP contribution in [0.15, 0.2) is 132 Å². The first kappa shape index (κ1) is 25.2. The van der Waals surface area contributed by atoms with Gasteiger partial charge in [-0.05, 0) is 72.8 Å². The summed E-state index contributed by atoms with van der Waals surface area (Å²) >= 11 is 1.61. The van der Waals surface area contributed by atoms with Gasteiger partial charge in [-0.3, -0.25) is 0 Å². The van der Waals surface area contributed by atoms with E-state index in [0.29, 0.717) is 45.4 Å². The van der Waals surface area contributed by atoms with Gasteiger partial charge in [-0.25, -0.2) is 14.4 Å². The lowest BCUT2D eigenvalue weighted by Crippen LogP contribution is -2.20. The molecule has 5 heterocycles. The second-order valence-corrected chi connectivity index (χ2v) is 12.5. The summed E-state index contributed by atoms with van der Waals surface area (Å²) in [6.45, 7) is 0. The summed E-state index contributed by atoms with van der Waals surface area (Å²) in [5.41, 5.74) is 8.51. The average molecular weight is 632 g/mol. The summed E-state index contributed by atoms with van der Waals surface area (Å²) in [5, 5.41) is 1.47. The van der Waals surface area contributed by atoms with Crippen molar-refractivity contribution in [2.75, 3.05) is 4.90 Å². The molecule has 0 spiro atoms. The molecule has 0 saturated carbocycles. The lowest BCUT2D eigenvalue weighted by Gasteiger charge is -2.39. The lowest BCUT2D eigenvalue weighted by atomic mass is 10.0. The highest BCUT2D eigenvalue weighted by atomic mass is 32.2. The fraction of sp³-hybridized carbons (Fsp3) is 0. The molecule has 9 aromatic rings. The third kappa shape index (κ3) is 3.51. The quantitative estimate of drug-likeness (QED) is 0.186. The van der Waals surface area contributed by atoms with Crippen molar-refractivity contribution < 1.29 is 22.4 Å². The Morgan fingerprint density at radius 3 is 2.04 bits per heavy atom. The van der Waals surface area contributed by atoms with E-state index < -0.39 is 0 Å². The molecular weight excluding hydrogens is 614 g/mol. The van der Waals surface area contributed by atoms with Crippen molar-refractivity contribution in [3.8, 4) is 34.4 Å². The van der Waals surface area contributed by atoms with Crippen LogP contribution in [0.3, 0.4) is 0 Å². The monoisotopic (exact) mass is 631 g/mol. The van der Waals surface area contributed by atoms with Gasteiger partial charge >= 0.3 is 0 Å². The minimum atomic E-state index is -0.325. The molecule has 7 nitrogen and oxygen atoms in total. The van der Waals surface area contributed by atoms with E-state index in [0.717, 1.165) is 60.0 Å². The van der Waals surface area contributed by atoms with Crippen LogP contribution in [-0.2, 0) is 0 Å². The van der Waals surface area contributed by atoms with Gasteiger partial charge in [-0.15, -0.1) is 0 Å². The van der Waals surface area contributed by atoms with Gasteiger partial charge in [0.25, 0.3) is 0 Å². The van der Waals surface area contributed by atoms with Crippen LogP contribution < -0.4 is 9.64 Å². The zero-order chi connectivity index (χ0) is 30.8. The molecule has 47 heavy (non-hydrogen) atoms. The Morgan fingerprint density at radius 1 is 0.553 bits per heavy atom. The number of fused-ring (bicyclic) bond motifs is 9. The van der Waals surface area contributed by atoms with Crippen molar-refractivity contribution >= 4 is 73.0 Å². The number of para-hydroxylation sites is 4. The first-order valence-corrected chi connectivity index (χ1v) is 15.8.